The third-order valence-electron chi connectivity index (χ3n) is 3.15. The monoisotopic (exact) mass is 360 g/mol. The maximum Gasteiger partial charge on any atom is 0.255 e. The van der Waals surface area contributed by atoms with Gasteiger partial charge in [0.05, 0.1) is 0 Å². The Morgan fingerprint density at radius 2 is 1.86 bits per heavy atom. The van der Waals surface area contributed by atoms with E-state index in [0.29, 0.717) is 23.4 Å². The van der Waals surface area contributed by atoms with Crippen LogP contribution < -0.4 is 10.6 Å². The van der Waals surface area contributed by atoms with Gasteiger partial charge in [0.1, 0.15) is 0 Å². The highest BCUT2D eigenvalue weighted by Gasteiger charge is 2.11. The molecule has 0 aliphatic carbocycles. The molecule has 0 unspecified atom stereocenters. The summed E-state index contributed by atoms with van der Waals surface area (Å²) in [6.45, 7) is 4.30. The van der Waals surface area contributed by atoms with E-state index in [-0.39, 0.29) is 11.8 Å². The molecule has 0 spiro atoms. The first-order chi connectivity index (χ1) is 10.5. The Morgan fingerprint density at radius 3 is 2.55 bits per heavy atom. The zero-order chi connectivity index (χ0) is 16.1. The zero-order valence-corrected chi connectivity index (χ0v) is 14.0. The summed E-state index contributed by atoms with van der Waals surface area (Å²) in [5.41, 5.74) is 2.60. The fourth-order valence-electron chi connectivity index (χ4n) is 2.08. The van der Waals surface area contributed by atoms with Gasteiger partial charge in [0.2, 0.25) is 0 Å². The van der Waals surface area contributed by atoms with E-state index in [1.165, 1.54) is 0 Å². The van der Waals surface area contributed by atoms with Crippen LogP contribution in [0, 0.1) is 6.92 Å². The summed E-state index contributed by atoms with van der Waals surface area (Å²) in [6, 6.07) is 12.4. The minimum absolute atomic E-state index is 0.154. The van der Waals surface area contributed by atoms with Crippen LogP contribution in [0.3, 0.4) is 0 Å². The molecule has 2 aromatic rings. The van der Waals surface area contributed by atoms with Crippen LogP contribution in [-0.2, 0) is 0 Å². The maximum atomic E-state index is 12.3. The molecule has 0 aromatic heterocycles. The van der Waals surface area contributed by atoms with Gasteiger partial charge in [0, 0.05) is 27.8 Å². The van der Waals surface area contributed by atoms with Crippen LogP contribution in [0.15, 0.2) is 46.9 Å². The molecule has 2 aromatic carbocycles. The van der Waals surface area contributed by atoms with Crippen molar-refractivity contribution in [1.82, 2.24) is 5.32 Å². The Kier molecular flexibility index (Phi) is 5.33. The summed E-state index contributed by atoms with van der Waals surface area (Å²) in [5, 5.41) is 5.55. The van der Waals surface area contributed by atoms with Gasteiger partial charge in [-0.3, -0.25) is 9.59 Å². The lowest BCUT2D eigenvalue weighted by molar-refractivity contribution is 0.0954. The SMILES string of the molecule is CCNC(=O)c1cccc(NC(=O)c2ccc(Br)cc2C)c1. The molecule has 114 valence electrons. The van der Waals surface area contributed by atoms with E-state index in [1.807, 2.05) is 26.0 Å². The van der Waals surface area contributed by atoms with Gasteiger partial charge in [-0.15, -0.1) is 0 Å². The standard InChI is InChI=1S/C17H17BrN2O2/c1-3-19-16(21)12-5-4-6-14(10-12)20-17(22)15-8-7-13(18)9-11(15)2/h4-10H,3H2,1-2H3,(H,19,21)(H,20,22). The molecule has 2 amide bonds. The molecule has 0 radical (unpaired) electrons. The molecule has 0 saturated carbocycles. The first-order valence-electron chi connectivity index (χ1n) is 6.97. The van der Waals surface area contributed by atoms with Crippen molar-refractivity contribution in [3.05, 3.63) is 63.6 Å². The average molecular weight is 361 g/mol. The van der Waals surface area contributed by atoms with E-state index >= 15 is 0 Å². The van der Waals surface area contributed by atoms with E-state index in [4.69, 9.17) is 0 Å². The molecule has 5 heteroatoms. The minimum atomic E-state index is -0.196. The van der Waals surface area contributed by atoms with Crippen molar-refractivity contribution in [2.75, 3.05) is 11.9 Å². The van der Waals surface area contributed by atoms with E-state index < -0.39 is 0 Å². The van der Waals surface area contributed by atoms with Gasteiger partial charge in [-0.05, 0) is 55.8 Å². The summed E-state index contributed by atoms with van der Waals surface area (Å²) in [7, 11) is 0. The van der Waals surface area contributed by atoms with Crippen molar-refractivity contribution in [2.45, 2.75) is 13.8 Å². The minimum Gasteiger partial charge on any atom is -0.352 e. The quantitative estimate of drug-likeness (QED) is 0.871. The Balaban J connectivity index is 2.18. The zero-order valence-electron chi connectivity index (χ0n) is 12.4. The number of halogens is 1. The van der Waals surface area contributed by atoms with Crippen LogP contribution in [0.2, 0.25) is 0 Å². The molecule has 4 nitrogen and oxygen atoms in total. The largest absolute Gasteiger partial charge is 0.352 e. The molecule has 0 saturated heterocycles. The summed E-state index contributed by atoms with van der Waals surface area (Å²) < 4.78 is 0.930. The number of benzene rings is 2. The number of nitrogens with one attached hydrogen (secondary N) is 2. The maximum absolute atomic E-state index is 12.3. The molecule has 0 heterocycles. The van der Waals surface area contributed by atoms with Crippen LogP contribution in [0.5, 0.6) is 0 Å². The number of rotatable bonds is 4. The first-order valence-corrected chi connectivity index (χ1v) is 7.76. The number of anilines is 1. The van der Waals surface area contributed by atoms with Crippen molar-refractivity contribution in [3.63, 3.8) is 0 Å². The van der Waals surface area contributed by atoms with E-state index in [0.717, 1.165) is 10.0 Å². The Labute approximate surface area is 138 Å². The van der Waals surface area contributed by atoms with Gasteiger partial charge in [0.15, 0.2) is 0 Å². The van der Waals surface area contributed by atoms with E-state index in [2.05, 4.69) is 26.6 Å². The fraction of sp³-hybridized carbons (Fsp3) is 0.176. The third kappa shape index (κ3) is 3.95. The lowest BCUT2D eigenvalue weighted by Gasteiger charge is -2.09. The Hall–Kier alpha value is -2.14. The molecular weight excluding hydrogens is 344 g/mol. The van der Waals surface area contributed by atoms with E-state index in [9.17, 15) is 9.59 Å². The average Bonchev–Trinajstić information content (AvgIpc) is 2.47. The number of hydrogen-bond donors (Lipinski definition) is 2. The van der Waals surface area contributed by atoms with Gasteiger partial charge < -0.3 is 10.6 Å². The van der Waals surface area contributed by atoms with Crippen LogP contribution in [0.4, 0.5) is 5.69 Å². The van der Waals surface area contributed by atoms with Crippen molar-refractivity contribution in [1.29, 1.82) is 0 Å². The van der Waals surface area contributed by atoms with Crippen molar-refractivity contribution in [2.24, 2.45) is 0 Å². The normalized spacial score (nSPS) is 10.1. The van der Waals surface area contributed by atoms with Crippen LogP contribution in [0.1, 0.15) is 33.2 Å². The second kappa shape index (κ2) is 7.22. The number of carbonyl (C=O) groups is 2. The lowest BCUT2D eigenvalue weighted by Crippen LogP contribution is -2.22. The van der Waals surface area contributed by atoms with Crippen molar-refractivity contribution >= 4 is 33.4 Å². The second-order valence-corrected chi connectivity index (χ2v) is 5.77. The Bertz CT molecular complexity index is 714. The Morgan fingerprint density at radius 1 is 1.09 bits per heavy atom. The fourth-order valence-corrected chi connectivity index (χ4v) is 2.56. The molecule has 0 atom stereocenters. The highest BCUT2D eigenvalue weighted by molar-refractivity contribution is 9.10. The van der Waals surface area contributed by atoms with Gasteiger partial charge >= 0.3 is 0 Å². The van der Waals surface area contributed by atoms with Gasteiger partial charge in [-0.1, -0.05) is 22.0 Å². The molecule has 2 rings (SSSR count). The van der Waals surface area contributed by atoms with Crippen LogP contribution in [-0.4, -0.2) is 18.4 Å². The predicted octanol–water partition coefficient (Wildman–Crippen LogP) is 3.76. The number of amides is 2. The number of hydrogen-bond acceptors (Lipinski definition) is 2. The smallest absolute Gasteiger partial charge is 0.255 e. The predicted molar refractivity (Wildman–Crippen MR) is 91.3 cm³/mol. The van der Waals surface area contributed by atoms with Crippen LogP contribution >= 0.6 is 15.9 Å². The van der Waals surface area contributed by atoms with Crippen molar-refractivity contribution in [3.8, 4) is 0 Å². The second-order valence-electron chi connectivity index (χ2n) is 4.85. The summed E-state index contributed by atoms with van der Waals surface area (Å²) >= 11 is 3.38. The molecule has 0 aliphatic heterocycles. The highest BCUT2D eigenvalue weighted by atomic mass is 79.9. The molecule has 0 fully saturated rings. The summed E-state index contributed by atoms with van der Waals surface area (Å²) in [6.07, 6.45) is 0. The molecular formula is C17H17BrN2O2. The van der Waals surface area contributed by atoms with Gasteiger partial charge in [0.25, 0.3) is 11.8 Å². The molecule has 2 N–H and O–H groups in total. The number of carbonyl (C=O) groups excluding carboxylic acids is 2. The van der Waals surface area contributed by atoms with Gasteiger partial charge in [-0.25, -0.2) is 0 Å². The summed E-state index contributed by atoms with van der Waals surface area (Å²) in [5.74, 6) is -0.350. The summed E-state index contributed by atoms with van der Waals surface area (Å²) in [4.78, 5) is 24.1. The lowest BCUT2D eigenvalue weighted by atomic mass is 10.1. The topological polar surface area (TPSA) is 58.2 Å². The van der Waals surface area contributed by atoms with Crippen molar-refractivity contribution < 1.29 is 9.59 Å². The van der Waals surface area contributed by atoms with Gasteiger partial charge in [-0.2, -0.15) is 0 Å². The molecule has 0 aliphatic rings. The first kappa shape index (κ1) is 16.2. The van der Waals surface area contributed by atoms with E-state index in [1.54, 1.807) is 30.3 Å². The molecule has 0 bridgehead atoms. The highest BCUT2D eigenvalue weighted by Crippen LogP contribution is 2.18. The van der Waals surface area contributed by atoms with Crippen LogP contribution in [0.25, 0.3) is 0 Å². The molecule has 22 heavy (non-hydrogen) atoms. The third-order valence-corrected chi connectivity index (χ3v) is 3.65. The number of aryl methyl sites for hydroxylation is 1.